The van der Waals surface area contributed by atoms with Gasteiger partial charge in [0, 0.05) is 13.1 Å². The molecule has 0 bridgehead atoms. The number of nitrogens with one attached hydrogen (secondary N) is 1. The standard InChI is InChI=1S/C14H19F3N2O2/c1-3-19(8-9-20)13(21)18-10(2)11-4-6-12(7-5-11)14(15,16)17/h4-7,10,20H,3,8-9H2,1-2H3,(H,18,21). The van der Waals surface area contributed by atoms with Crippen LogP contribution < -0.4 is 5.32 Å². The summed E-state index contributed by atoms with van der Waals surface area (Å²) in [5.74, 6) is 0. The molecule has 0 saturated heterocycles. The molecule has 2 amide bonds. The van der Waals surface area contributed by atoms with E-state index in [4.69, 9.17) is 5.11 Å². The van der Waals surface area contributed by atoms with Crippen molar-refractivity contribution in [3.63, 3.8) is 0 Å². The number of aliphatic hydroxyl groups is 1. The molecular weight excluding hydrogens is 285 g/mol. The molecule has 2 N–H and O–H groups in total. The maximum absolute atomic E-state index is 12.5. The van der Waals surface area contributed by atoms with Crippen LogP contribution in [0.3, 0.4) is 0 Å². The number of alkyl halides is 3. The first-order chi connectivity index (χ1) is 9.79. The molecule has 0 heterocycles. The molecule has 0 fully saturated rings. The number of benzene rings is 1. The Kier molecular flexibility index (Phi) is 6.02. The Hall–Kier alpha value is -1.76. The Morgan fingerprint density at radius 1 is 1.33 bits per heavy atom. The lowest BCUT2D eigenvalue weighted by Gasteiger charge is -2.23. The molecular formula is C14H19F3N2O2. The lowest BCUT2D eigenvalue weighted by molar-refractivity contribution is -0.137. The number of carbonyl (C=O) groups is 1. The zero-order chi connectivity index (χ0) is 16.0. The van der Waals surface area contributed by atoms with E-state index in [0.29, 0.717) is 12.1 Å². The average Bonchev–Trinajstić information content (AvgIpc) is 2.43. The highest BCUT2D eigenvalue weighted by Gasteiger charge is 2.30. The van der Waals surface area contributed by atoms with Crippen molar-refractivity contribution in [1.29, 1.82) is 0 Å². The van der Waals surface area contributed by atoms with Crippen molar-refractivity contribution >= 4 is 6.03 Å². The van der Waals surface area contributed by atoms with Crippen LogP contribution in [-0.4, -0.2) is 35.7 Å². The van der Waals surface area contributed by atoms with Crippen molar-refractivity contribution in [3.05, 3.63) is 35.4 Å². The maximum atomic E-state index is 12.5. The third-order valence-corrected chi connectivity index (χ3v) is 3.12. The van der Waals surface area contributed by atoms with E-state index in [1.807, 2.05) is 0 Å². The fourth-order valence-corrected chi connectivity index (χ4v) is 1.84. The normalized spacial score (nSPS) is 12.9. The highest BCUT2D eigenvalue weighted by atomic mass is 19.4. The predicted octanol–water partition coefficient (Wildman–Crippen LogP) is 2.79. The molecule has 0 spiro atoms. The lowest BCUT2D eigenvalue weighted by Crippen LogP contribution is -2.42. The molecule has 1 aromatic rings. The quantitative estimate of drug-likeness (QED) is 0.879. The van der Waals surface area contributed by atoms with Crippen LogP contribution in [0.25, 0.3) is 0 Å². The van der Waals surface area contributed by atoms with Crippen LogP contribution in [0.5, 0.6) is 0 Å². The summed E-state index contributed by atoms with van der Waals surface area (Å²) < 4.78 is 37.4. The van der Waals surface area contributed by atoms with Crippen LogP contribution in [0, 0.1) is 0 Å². The summed E-state index contributed by atoms with van der Waals surface area (Å²) in [7, 11) is 0. The monoisotopic (exact) mass is 304 g/mol. The number of aliphatic hydroxyl groups excluding tert-OH is 1. The number of nitrogens with zero attached hydrogens (tertiary/aromatic N) is 1. The summed E-state index contributed by atoms with van der Waals surface area (Å²) in [6.45, 7) is 3.97. The lowest BCUT2D eigenvalue weighted by atomic mass is 10.1. The van der Waals surface area contributed by atoms with Crippen LogP contribution >= 0.6 is 0 Å². The number of urea groups is 1. The van der Waals surface area contributed by atoms with E-state index >= 15 is 0 Å². The highest BCUT2D eigenvalue weighted by Crippen LogP contribution is 2.29. The molecule has 0 aliphatic carbocycles. The molecule has 1 rings (SSSR count). The summed E-state index contributed by atoms with van der Waals surface area (Å²) in [5, 5.41) is 11.5. The van der Waals surface area contributed by atoms with Gasteiger partial charge in [0.15, 0.2) is 0 Å². The molecule has 0 aliphatic heterocycles. The van der Waals surface area contributed by atoms with Gasteiger partial charge in [-0.2, -0.15) is 13.2 Å². The number of halogens is 3. The minimum Gasteiger partial charge on any atom is -0.395 e. The number of rotatable bonds is 5. The van der Waals surface area contributed by atoms with E-state index in [2.05, 4.69) is 5.32 Å². The zero-order valence-electron chi connectivity index (χ0n) is 11.9. The second-order valence-electron chi connectivity index (χ2n) is 4.59. The van der Waals surface area contributed by atoms with Gasteiger partial charge in [0.25, 0.3) is 0 Å². The topological polar surface area (TPSA) is 52.6 Å². The second kappa shape index (κ2) is 7.31. The molecule has 1 aromatic carbocycles. The fraction of sp³-hybridized carbons (Fsp3) is 0.500. The van der Waals surface area contributed by atoms with E-state index in [-0.39, 0.29) is 19.2 Å². The van der Waals surface area contributed by atoms with Crippen molar-refractivity contribution in [2.75, 3.05) is 19.7 Å². The molecule has 0 aliphatic rings. The smallest absolute Gasteiger partial charge is 0.395 e. The minimum absolute atomic E-state index is 0.143. The van der Waals surface area contributed by atoms with Crippen LogP contribution in [0.4, 0.5) is 18.0 Å². The fourth-order valence-electron chi connectivity index (χ4n) is 1.84. The van der Waals surface area contributed by atoms with Crippen LogP contribution in [0.15, 0.2) is 24.3 Å². The molecule has 4 nitrogen and oxygen atoms in total. The zero-order valence-corrected chi connectivity index (χ0v) is 11.9. The van der Waals surface area contributed by atoms with Crippen LogP contribution in [0.1, 0.15) is 31.0 Å². The molecule has 1 atom stereocenters. The van der Waals surface area contributed by atoms with Gasteiger partial charge in [0.1, 0.15) is 0 Å². The molecule has 21 heavy (non-hydrogen) atoms. The van der Waals surface area contributed by atoms with E-state index < -0.39 is 17.8 Å². The number of hydrogen-bond donors (Lipinski definition) is 2. The van der Waals surface area contributed by atoms with Crippen molar-refractivity contribution in [2.24, 2.45) is 0 Å². The van der Waals surface area contributed by atoms with Gasteiger partial charge in [-0.05, 0) is 31.5 Å². The van der Waals surface area contributed by atoms with Crippen molar-refractivity contribution in [3.8, 4) is 0 Å². The molecule has 0 radical (unpaired) electrons. The number of hydrogen-bond acceptors (Lipinski definition) is 2. The molecule has 7 heteroatoms. The SMILES string of the molecule is CCN(CCO)C(=O)NC(C)c1ccc(C(F)(F)F)cc1. The average molecular weight is 304 g/mol. The molecule has 0 aromatic heterocycles. The van der Waals surface area contributed by atoms with Gasteiger partial charge in [0.2, 0.25) is 0 Å². The first-order valence-corrected chi connectivity index (χ1v) is 6.63. The van der Waals surface area contributed by atoms with E-state index in [0.717, 1.165) is 12.1 Å². The van der Waals surface area contributed by atoms with Gasteiger partial charge in [0.05, 0.1) is 18.2 Å². The Bertz CT molecular complexity index is 460. The largest absolute Gasteiger partial charge is 0.416 e. The summed E-state index contributed by atoms with van der Waals surface area (Å²) >= 11 is 0. The Labute approximate surface area is 121 Å². The molecule has 118 valence electrons. The third kappa shape index (κ3) is 4.93. The summed E-state index contributed by atoms with van der Waals surface area (Å²) in [6, 6.07) is 3.88. The Balaban J connectivity index is 2.71. The first kappa shape index (κ1) is 17.3. The summed E-state index contributed by atoms with van der Waals surface area (Å²) in [4.78, 5) is 13.3. The number of likely N-dealkylation sites (N-methyl/N-ethyl adjacent to an activating group) is 1. The predicted molar refractivity (Wildman–Crippen MR) is 72.7 cm³/mol. The van der Waals surface area contributed by atoms with Gasteiger partial charge < -0.3 is 15.3 Å². The van der Waals surface area contributed by atoms with Gasteiger partial charge in [-0.15, -0.1) is 0 Å². The van der Waals surface area contributed by atoms with E-state index in [9.17, 15) is 18.0 Å². The van der Waals surface area contributed by atoms with Crippen molar-refractivity contribution in [2.45, 2.75) is 26.1 Å². The molecule has 1 unspecified atom stereocenters. The van der Waals surface area contributed by atoms with Gasteiger partial charge >= 0.3 is 12.2 Å². The van der Waals surface area contributed by atoms with Gasteiger partial charge in [-0.1, -0.05) is 12.1 Å². The van der Waals surface area contributed by atoms with Crippen LogP contribution in [-0.2, 0) is 6.18 Å². The van der Waals surface area contributed by atoms with Crippen LogP contribution in [0.2, 0.25) is 0 Å². The number of amides is 2. The Morgan fingerprint density at radius 2 is 1.90 bits per heavy atom. The van der Waals surface area contributed by atoms with Gasteiger partial charge in [-0.3, -0.25) is 0 Å². The minimum atomic E-state index is -4.37. The second-order valence-corrected chi connectivity index (χ2v) is 4.59. The van der Waals surface area contributed by atoms with Crippen molar-refractivity contribution in [1.82, 2.24) is 10.2 Å². The summed E-state index contributed by atoms with van der Waals surface area (Å²) in [6.07, 6.45) is -4.37. The Morgan fingerprint density at radius 3 is 2.33 bits per heavy atom. The highest BCUT2D eigenvalue weighted by molar-refractivity contribution is 5.74. The summed E-state index contributed by atoms with van der Waals surface area (Å²) in [5.41, 5.74) is -0.142. The maximum Gasteiger partial charge on any atom is 0.416 e. The van der Waals surface area contributed by atoms with Gasteiger partial charge in [-0.25, -0.2) is 4.79 Å². The van der Waals surface area contributed by atoms with E-state index in [1.54, 1.807) is 13.8 Å². The first-order valence-electron chi connectivity index (χ1n) is 6.63. The number of carbonyl (C=O) groups excluding carboxylic acids is 1. The third-order valence-electron chi connectivity index (χ3n) is 3.12. The van der Waals surface area contributed by atoms with Crippen molar-refractivity contribution < 1.29 is 23.1 Å². The van der Waals surface area contributed by atoms with E-state index in [1.165, 1.54) is 17.0 Å². The molecule has 0 saturated carbocycles.